The van der Waals surface area contributed by atoms with E-state index < -0.39 is 27.4 Å². The minimum absolute atomic E-state index is 0.0564. The van der Waals surface area contributed by atoms with Gasteiger partial charge in [-0.15, -0.1) is 5.11 Å². The van der Waals surface area contributed by atoms with Gasteiger partial charge in [0.2, 0.25) is 5.88 Å². The molecule has 1 atom stereocenters. The largest absolute Gasteiger partial charge is 0.545 e. The van der Waals surface area contributed by atoms with Crippen LogP contribution in [0.5, 0.6) is 5.88 Å². The topological polar surface area (TPSA) is 201 Å². The van der Waals surface area contributed by atoms with Crippen molar-refractivity contribution in [3.63, 3.8) is 0 Å². The number of carbonyl (C=O) groups is 1. The van der Waals surface area contributed by atoms with Crippen molar-refractivity contribution in [2.75, 3.05) is 15.4 Å². The van der Waals surface area contributed by atoms with Gasteiger partial charge >= 0.3 is 0 Å². The van der Waals surface area contributed by atoms with Crippen LogP contribution < -0.4 is 26.0 Å². The Morgan fingerprint density at radius 1 is 0.897 bits per heavy atom. The molecule has 0 saturated carbocycles. The van der Waals surface area contributed by atoms with Crippen LogP contribution >= 0.6 is 0 Å². The Labute approximate surface area is 339 Å². The molecule has 0 spiro atoms. The zero-order chi connectivity index (χ0) is 42.4. The number of hydrogen-bond acceptors (Lipinski definition) is 11. The molecule has 1 unspecified atom stereocenters. The highest BCUT2D eigenvalue weighted by atomic mass is 32.2. The number of azo groups is 1. The van der Waals surface area contributed by atoms with Crippen molar-refractivity contribution >= 4 is 44.4 Å². The van der Waals surface area contributed by atoms with E-state index >= 15 is 0 Å². The summed E-state index contributed by atoms with van der Waals surface area (Å²) in [6, 6.07) is 28.7. The summed E-state index contributed by atoms with van der Waals surface area (Å²) in [7, 11) is -3.99. The molecule has 0 bridgehead atoms. The van der Waals surface area contributed by atoms with Crippen LogP contribution in [0.1, 0.15) is 72.1 Å². The monoisotopic (exact) mass is 802 g/mol. The molecule has 4 N–H and O–H groups in total. The first-order valence-electron chi connectivity index (χ1n) is 18.8. The number of carboxylic acids is 1. The van der Waals surface area contributed by atoms with Gasteiger partial charge in [-0.2, -0.15) is 10.4 Å². The highest BCUT2D eigenvalue weighted by molar-refractivity contribution is 7.92. The molecule has 14 heteroatoms. The number of nitriles is 1. The summed E-state index contributed by atoms with van der Waals surface area (Å²) in [4.78, 5) is 24.1. The number of para-hydroxylation sites is 2. The Kier molecular flexibility index (Phi) is 15.5. The van der Waals surface area contributed by atoms with Gasteiger partial charge in [0.1, 0.15) is 17.5 Å². The number of rotatable bonds is 16. The van der Waals surface area contributed by atoms with E-state index in [1.807, 2.05) is 49.4 Å². The van der Waals surface area contributed by atoms with Gasteiger partial charge in [0, 0.05) is 29.2 Å². The second-order valence-corrected chi connectivity index (χ2v) is 15.3. The third-order valence-corrected chi connectivity index (χ3v) is 10.8. The molecule has 58 heavy (non-hydrogen) atoms. The maximum Gasteiger partial charge on any atom is 0.281 e. The second-order valence-electron chi connectivity index (χ2n) is 13.6. The quantitative estimate of drug-likeness (QED) is 0.0703. The highest BCUT2D eigenvalue weighted by Crippen LogP contribution is 2.29. The number of pyridine rings is 1. The normalized spacial score (nSPS) is 11.5. The van der Waals surface area contributed by atoms with Crippen LogP contribution in [0.3, 0.4) is 0 Å². The summed E-state index contributed by atoms with van der Waals surface area (Å²) in [6.07, 6.45) is 3.66. The molecule has 5 aromatic rings. The average Bonchev–Trinajstić information content (AvgIpc) is 3.20. The zero-order valence-corrected chi connectivity index (χ0v) is 34.1. The SMILES string of the molecule is C=C(Nc1ccccc1C)Nc1ccccc1C.CCCCC(CC)Cn1c(O)c(C#N)c(C)c(N=Nc2ccc(S(=O)(=O)Nc3ccc(C(=O)[O-])cc3)cc2)c1=O. The summed E-state index contributed by atoms with van der Waals surface area (Å²) in [5.41, 5.74) is 4.36. The Morgan fingerprint density at radius 2 is 1.47 bits per heavy atom. The van der Waals surface area contributed by atoms with Gasteiger partial charge in [-0.1, -0.05) is 88.2 Å². The molecule has 5 rings (SSSR count). The van der Waals surface area contributed by atoms with Crippen molar-refractivity contribution in [2.45, 2.75) is 71.7 Å². The molecule has 0 aliphatic rings. The molecule has 13 nitrogen and oxygen atoms in total. The number of aromatic nitrogens is 1. The summed E-state index contributed by atoms with van der Waals surface area (Å²) >= 11 is 0. The molecule has 0 aliphatic carbocycles. The van der Waals surface area contributed by atoms with E-state index in [0.717, 1.165) is 42.9 Å². The van der Waals surface area contributed by atoms with Crippen LogP contribution in [0.4, 0.5) is 28.4 Å². The lowest BCUT2D eigenvalue weighted by molar-refractivity contribution is -0.255. The summed E-state index contributed by atoms with van der Waals surface area (Å²) in [5, 5.41) is 45.9. The van der Waals surface area contributed by atoms with Crippen molar-refractivity contribution < 1.29 is 23.4 Å². The fourth-order valence-corrected chi connectivity index (χ4v) is 6.93. The van der Waals surface area contributed by atoms with Crippen LogP contribution in [0.25, 0.3) is 0 Å². The first-order valence-corrected chi connectivity index (χ1v) is 20.2. The molecule has 0 radical (unpaired) electrons. The fourth-order valence-electron chi connectivity index (χ4n) is 5.87. The number of benzene rings is 4. The van der Waals surface area contributed by atoms with E-state index in [9.17, 15) is 33.5 Å². The highest BCUT2D eigenvalue weighted by Gasteiger charge is 2.21. The Balaban J connectivity index is 0.000000343. The van der Waals surface area contributed by atoms with Crippen LogP contribution in [0.15, 0.2) is 129 Å². The average molecular weight is 803 g/mol. The number of sulfonamides is 1. The number of nitrogens with zero attached hydrogens (tertiary/aromatic N) is 4. The lowest BCUT2D eigenvalue weighted by Crippen LogP contribution is -2.25. The van der Waals surface area contributed by atoms with E-state index in [0.29, 0.717) is 0 Å². The Hall–Kier alpha value is -6.72. The number of aryl methyl sites for hydroxylation is 2. The Bertz CT molecular complexity index is 2420. The van der Waals surface area contributed by atoms with Gasteiger partial charge < -0.3 is 25.6 Å². The lowest BCUT2D eigenvalue weighted by atomic mass is 9.99. The molecule has 0 aliphatic heterocycles. The van der Waals surface area contributed by atoms with E-state index in [4.69, 9.17) is 0 Å². The lowest BCUT2D eigenvalue weighted by Gasteiger charge is -2.19. The number of hydrogen-bond donors (Lipinski definition) is 4. The van der Waals surface area contributed by atoms with Gasteiger partial charge in [-0.25, -0.2) is 8.42 Å². The van der Waals surface area contributed by atoms with E-state index in [1.54, 1.807) is 0 Å². The van der Waals surface area contributed by atoms with Crippen LogP contribution in [-0.4, -0.2) is 24.1 Å². The molecule has 4 aromatic carbocycles. The number of carboxylic acid groups (broad SMARTS) is 1. The third-order valence-electron chi connectivity index (χ3n) is 9.40. The van der Waals surface area contributed by atoms with Crippen LogP contribution in [0.2, 0.25) is 0 Å². The fraction of sp³-hybridized carbons (Fsp3) is 0.250. The number of unbranched alkanes of at least 4 members (excludes halogenated alkanes) is 1. The Morgan fingerprint density at radius 3 is 1.97 bits per heavy atom. The molecular weight excluding hydrogens is 755 g/mol. The maximum atomic E-state index is 13.3. The predicted molar refractivity (Wildman–Crippen MR) is 226 cm³/mol. The number of aromatic carboxylic acids is 1. The van der Waals surface area contributed by atoms with Crippen LogP contribution in [-0.2, 0) is 16.6 Å². The predicted octanol–water partition coefficient (Wildman–Crippen LogP) is 8.83. The van der Waals surface area contributed by atoms with Gasteiger partial charge in [0.05, 0.1) is 16.6 Å². The smallest absolute Gasteiger partial charge is 0.281 e. The molecular formula is C44H48N7O6S-. The van der Waals surface area contributed by atoms with Gasteiger partial charge in [-0.05, 0) is 98.3 Å². The van der Waals surface area contributed by atoms with Gasteiger partial charge in [-0.3, -0.25) is 14.1 Å². The van der Waals surface area contributed by atoms with Crippen molar-refractivity contribution in [2.24, 2.45) is 16.1 Å². The maximum absolute atomic E-state index is 13.3. The van der Waals surface area contributed by atoms with E-state index in [2.05, 4.69) is 65.1 Å². The van der Waals surface area contributed by atoms with E-state index in [-0.39, 0.29) is 51.1 Å². The number of aromatic hydroxyl groups is 1. The second kappa shape index (κ2) is 20.4. The number of anilines is 3. The first kappa shape index (κ1) is 44.0. The van der Waals surface area contributed by atoms with Crippen molar-refractivity contribution in [1.29, 1.82) is 5.26 Å². The van der Waals surface area contributed by atoms with Gasteiger partial charge in [0.15, 0.2) is 5.69 Å². The molecule has 0 amide bonds. The molecule has 0 fully saturated rings. The van der Waals surface area contributed by atoms with Crippen molar-refractivity contribution in [3.05, 3.63) is 148 Å². The van der Waals surface area contributed by atoms with E-state index in [1.165, 1.54) is 71.1 Å². The first-order chi connectivity index (χ1) is 27.7. The molecule has 1 aromatic heterocycles. The third kappa shape index (κ3) is 11.7. The molecule has 0 saturated heterocycles. The zero-order valence-electron chi connectivity index (χ0n) is 33.2. The number of carbonyl (C=O) groups excluding carboxylic acids is 1. The summed E-state index contributed by atoms with van der Waals surface area (Å²) in [5.74, 6) is -0.854. The van der Waals surface area contributed by atoms with Crippen LogP contribution in [0, 0.1) is 38.0 Å². The molecule has 1 heterocycles. The number of nitrogens with one attached hydrogen (secondary N) is 3. The standard InChI is InChI=1S/C28H31N5O6S.C16H18N2/c1-4-6-7-19(5-2)17-33-26(34)24(16-29)18(3)25(27(33)35)31-30-21-12-14-23(15-13-21)40(38,39)32-22-10-8-20(9-11-22)28(36)37;1-12-8-4-6-10-15(12)17-14(3)18-16-11-7-5-9-13(16)2/h8-15,19,32,34H,4-7,17H2,1-3H3,(H,36,37);4-11,17-18H,3H2,1-2H3/p-1. The minimum Gasteiger partial charge on any atom is -0.545 e. The van der Waals surface area contributed by atoms with Crippen molar-refractivity contribution in [1.82, 2.24) is 4.57 Å². The summed E-state index contributed by atoms with van der Waals surface area (Å²) in [6.45, 7) is 14.0. The minimum atomic E-state index is -3.99. The molecule has 302 valence electrons. The summed E-state index contributed by atoms with van der Waals surface area (Å²) < 4.78 is 29.0. The van der Waals surface area contributed by atoms with Crippen molar-refractivity contribution in [3.8, 4) is 11.9 Å². The van der Waals surface area contributed by atoms with Gasteiger partial charge in [0.25, 0.3) is 15.6 Å².